The molecule has 4 aromatic carbocycles. The summed E-state index contributed by atoms with van der Waals surface area (Å²) >= 11 is 25.5. The first kappa shape index (κ1) is 29.9. The van der Waals surface area contributed by atoms with E-state index in [1.54, 1.807) is 48.6 Å². The molecule has 0 unspecified atom stereocenters. The molecule has 0 N–H and O–H groups in total. The summed E-state index contributed by atoms with van der Waals surface area (Å²) in [5.41, 5.74) is 3.19. The second-order valence-corrected chi connectivity index (χ2v) is 11.6. The quantitative estimate of drug-likeness (QED) is 0.188. The van der Waals surface area contributed by atoms with E-state index in [-0.39, 0.29) is 36.3 Å². The number of benzene rings is 4. The average molecular weight is 660 g/mol. The molecule has 0 fully saturated rings. The number of halogens is 4. The Morgan fingerprint density at radius 2 is 0.932 bits per heavy atom. The van der Waals surface area contributed by atoms with Crippen LogP contribution in [0.15, 0.2) is 118 Å². The zero-order chi connectivity index (χ0) is 30.8. The number of aliphatic imine (C=N–C) groups is 2. The first-order valence-electron chi connectivity index (χ1n) is 13.5. The van der Waals surface area contributed by atoms with Gasteiger partial charge in [-0.3, -0.25) is 19.4 Å². The minimum absolute atomic E-state index is 0.0946. The molecule has 10 heteroatoms. The van der Waals surface area contributed by atoms with Gasteiger partial charge < -0.3 is 0 Å². The standard InChI is InChI=1S/C34H22Cl4N4O2/c35-23-11-13-25(27(37)19-23)31-39-29(17-21-7-3-1-4-8-21)33(43)41(31)15-16-42-32(26-14-12-24(36)20-28(26)38)40-30(34(42)44)18-22-9-5-2-6-10-22/h1-14,17-20H,15-16H2. The number of amidine groups is 2. The van der Waals surface area contributed by atoms with Gasteiger partial charge in [0.05, 0.1) is 10.0 Å². The molecule has 0 bridgehead atoms. The highest BCUT2D eigenvalue weighted by Gasteiger charge is 2.36. The Bertz CT molecular complexity index is 1760. The Morgan fingerprint density at radius 1 is 0.545 bits per heavy atom. The Morgan fingerprint density at radius 3 is 1.30 bits per heavy atom. The van der Waals surface area contributed by atoms with Gasteiger partial charge in [0.2, 0.25) is 0 Å². The average Bonchev–Trinajstić information content (AvgIpc) is 3.47. The molecular weight excluding hydrogens is 638 g/mol. The van der Waals surface area contributed by atoms with Crippen molar-refractivity contribution in [3.63, 3.8) is 0 Å². The van der Waals surface area contributed by atoms with E-state index in [0.29, 0.717) is 42.9 Å². The zero-order valence-corrected chi connectivity index (χ0v) is 25.9. The summed E-state index contributed by atoms with van der Waals surface area (Å²) in [5.74, 6) is 0.0521. The summed E-state index contributed by atoms with van der Waals surface area (Å²) in [7, 11) is 0. The predicted molar refractivity (Wildman–Crippen MR) is 178 cm³/mol. The molecule has 4 aromatic rings. The van der Waals surface area contributed by atoms with Crippen molar-refractivity contribution in [2.75, 3.05) is 13.1 Å². The maximum atomic E-state index is 13.8. The Kier molecular flexibility index (Phi) is 8.69. The number of hydrogen-bond acceptors (Lipinski definition) is 4. The van der Waals surface area contributed by atoms with Gasteiger partial charge in [0.25, 0.3) is 11.8 Å². The van der Waals surface area contributed by atoms with Crippen LogP contribution in [0.25, 0.3) is 12.2 Å². The molecule has 0 spiro atoms. The molecule has 0 saturated carbocycles. The van der Waals surface area contributed by atoms with E-state index >= 15 is 0 Å². The lowest BCUT2D eigenvalue weighted by Gasteiger charge is -2.24. The number of carbonyl (C=O) groups excluding carboxylic acids is 2. The summed E-state index contributed by atoms with van der Waals surface area (Å²) in [6.45, 7) is 0.189. The molecule has 44 heavy (non-hydrogen) atoms. The Labute approximate surface area is 274 Å². The van der Waals surface area contributed by atoms with Gasteiger partial charge in [0.15, 0.2) is 0 Å². The van der Waals surface area contributed by atoms with Gasteiger partial charge >= 0.3 is 0 Å². The van der Waals surface area contributed by atoms with Crippen LogP contribution in [0, 0.1) is 0 Å². The van der Waals surface area contributed by atoms with E-state index in [1.807, 2.05) is 60.7 Å². The fourth-order valence-electron chi connectivity index (χ4n) is 4.88. The van der Waals surface area contributed by atoms with E-state index in [2.05, 4.69) is 9.98 Å². The second-order valence-electron chi connectivity index (χ2n) is 9.91. The largest absolute Gasteiger partial charge is 0.289 e. The van der Waals surface area contributed by atoms with Crippen molar-refractivity contribution in [2.24, 2.45) is 9.98 Å². The molecule has 2 aliphatic heterocycles. The molecule has 2 aliphatic rings. The van der Waals surface area contributed by atoms with Crippen LogP contribution in [-0.4, -0.2) is 46.4 Å². The fourth-order valence-corrected chi connectivity index (χ4v) is 5.87. The van der Waals surface area contributed by atoms with Gasteiger partial charge in [-0.2, -0.15) is 0 Å². The molecule has 218 valence electrons. The maximum Gasteiger partial charge on any atom is 0.278 e. The van der Waals surface area contributed by atoms with E-state index in [1.165, 1.54) is 9.80 Å². The van der Waals surface area contributed by atoms with Gasteiger partial charge in [-0.25, -0.2) is 9.98 Å². The zero-order valence-electron chi connectivity index (χ0n) is 22.9. The van der Waals surface area contributed by atoms with Gasteiger partial charge in [-0.15, -0.1) is 0 Å². The van der Waals surface area contributed by atoms with Crippen molar-refractivity contribution < 1.29 is 9.59 Å². The molecule has 2 heterocycles. The SMILES string of the molecule is O=C1C(=Cc2ccccc2)N=C(c2ccc(Cl)cc2Cl)N1CCN1C(=O)C(=Cc2ccccc2)N=C1c1ccc(Cl)cc1Cl. The minimum atomic E-state index is -0.329. The molecule has 6 rings (SSSR count). The summed E-state index contributed by atoms with van der Waals surface area (Å²) < 4.78 is 0. The molecule has 0 radical (unpaired) electrons. The summed E-state index contributed by atoms with van der Waals surface area (Å²) in [6, 6.07) is 28.9. The molecule has 0 aromatic heterocycles. The van der Waals surface area contributed by atoms with Crippen LogP contribution >= 0.6 is 46.4 Å². The Balaban J connectivity index is 1.36. The third-order valence-corrected chi connectivity index (χ3v) is 8.09. The first-order valence-corrected chi connectivity index (χ1v) is 15.0. The van der Waals surface area contributed by atoms with Crippen molar-refractivity contribution in [2.45, 2.75) is 0 Å². The van der Waals surface area contributed by atoms with Gasteiger partial charge in [-0.05, 0) is 59.7 Å². The third kappa shape index (κ3) is 6.21. The Hall–Kier alpha value is -4.20. The highest BCUT2D eigenvalue weighted by atomic mass is 35.5. The number of amides is 2. The summed E-state index contributed by atoms with van der Waals surface area (Å²) in [6.07, 6.45) is 3.43. The van der Waals surface area contributed by atoms with E-state index in [4.69, 9.17) is 46.4 Å². The molecule has 2 amide bonds. The highest BCUT2D eigenvalue weighted by molar-refractivity contribution is 6.38. The van der Waals surface area contributed by atoms with Crippen molar-refractivity contribution >= 4 is 82.0 Å². The van der Waals surface area contributed by atoms with Crippen molar-refractivity contribution in [1.29, 1.82) is 0 Å². The third-order valence-electron chi connectivity index (χ3n) is 6.99. The molecule has 6 nitrogen and oxygen atoms in total. The van der Waals surface area contributed by atoms with Crippen molar-refractivity contribution in [1.82, 2.24) is 9.80 Å². The number of nitrogens with zero attached hydrogens (tertiary/aromatic N) is 4. The number of rotatable bonds is 7. The van der Waals surface area contributed by atoms with E-state index < -0.39 is 0 Å². The van der Waals surface area contributed by atoms with Crippen LogP contribution in [0.4, 0.5) is 0 Å². The minimum Gasteiger partial charge on any atom is -0.289 e. The summed E-state index contributed by atoms with van der Waals surface area (Å²) in [5, 5.41) is 1.60. The predicted octanol–water partition coefficient (Wildman–Crippen LogP) is 8.26. The lowest BCUT2D eigenvalue weighted by molar-refractivity contribution is -0.125. The lowest BCUT2D eigenvalue weighted by Crippen LogP contribution is -2.43. The monoisotopic (exact) mass is 658 g/mol. The van der Waals surface area contributed by atoms with E-state index in [9.17, 15) is 9.59 Å². The van der Waals surface area contributed by atoms with Gasteiger partial charge in [0, 0.05) is 34.3 Å². The van der Waals surface area contributed by atoms with Crippen LogP contribution in [0.1, 0.15) is 22.3 Å². The lowest BCUT2D eigenvalue weighted by atomic mass is 10.1. The van der Waals surface area contributed by atoms with Crippen molar-refractivity contribution in [3.8, 4) is 0 Å². The van der Waals surface area contributed by atoms with Gasteiger partial charge in [0.1, 0.15) is 23.1 Å². The highest BCUT2D eigenvalue weighted by Crippen LogP contribution is 2.31. The fraction of sp³-hybridized carbons (Fsp3) is 0.0588. The normalized spacial score (nSPS) is 16.7. The summed E-state index contributed by atoms with van der Waals surface area (Å²) in [4.78, 5) is 40.0. The first-order chi connectivity index (χ1) is 21.3. The van der Waals surface area contributed by atoms with Crippen LogP contribution in [0.2, 0.25) is 20.1 Å². The van der Waals surface area contributed by atoms with Crippen LogP contribution in [0.3, 0.4) is 0 Å². The number of hydrogen-bond donors (Lipinski definition) is 0. The van der Waals surface area contributed by atoms with Crippen LogP contribution in [0.5, 0.6) is 0 Å². The maximum absolute atomic E-state index is 13.8. The van der Waals surface area contributed by atoms with Crippen molar-refractivity contribution in [3.05, 3.63) is 151 Å². The van der Waals surface area contributed by atoms with Gasteiger partial charge in [-0.1, -0.05) is 107 Å². The molecule has 0 saturated heterocycles. The second kappa shape index (κ2) is 12.8. The smallest absolute Gasteiger partial charge is 0.278 e. The van der Waals surface area contributed by atoms with Crippen LogP contribution in [-0.2, 0) is 9.59 Å². The topological polar surface area (TPSA) is 65.3 Å². The van der Waals surface area contributed by atoms with Crippen LogP contribution < -0.4 is 0 Å². The number of carbonyl (C=O) groups is 2. The molecule has 0 atom stereocenters. The molecule has 0 aliphatic carbocycles. The molecular formula is C34H22Cl4N4O2. The van der Waals surface area contributed by atoms with E-state index in [0.717, 1.165) is 11.1 Å².